The van der Waals surface area contributed by atoms with Gasteiger partial charge in [0.05, 0.1) is 17.7 Å². The van der Waals surface area contributed by atoms with Gasteiger partial charge in [0.1, 0.15) is 18.3 Å². The maximum absolute atomic E-state index is 14.6. The third-order valence-electron chi connectivity index (χ3n) is 7.44. The zero-order chi connectivity index (χ0) is 32.4. The van der Waals surface area contributed by atoms with Crippen molar-refractivity contribution in [3.8, 4) is 5.75 Å². The highest BCUT2D eigenvalue weighted by Gasteiger charge is 2.35. The minimum Gasteiger partial charge on any atom is -0.495 e. The van der Waals surface area contributed by atoms with Gasteiger partial charge in [-0.15, -0.1) is 0 Å². The molecule has 1 atom stereocenters. The quantitative estimate of drug-likeness (QED) is 0.181. The Bertz CT molecular complexity index is 1700. The third kappa shape index (κ3) is 8.44. The van der Waals surface area contributed by atoms with Crippen LogP contribution in [-0.4, -0.2) is 51.4 Å². The van der Waals surface area contributed by atoms with E-state index < -0.39 is 28.5 Å². The van der Waals surface area contributed by atoms with E-state index in [1.807, 2.05) is 68.4 Å². The maximum atomic E-state index is 14.6. The van der Waals surface area contributed by atoms with Crippen molar-refractivity contribution < 1.29 is 22.7 Å². The molecule has 0 aliphatic rings. The molecule has 0 saturated carbocycles. The number of anilines is 1. The lowest BCUT2D eigenvalue weighted by Crippen LogP contribution is -2.53. The second kappa shape index (κ2) is 15.6. The van der Waals surface area contributed by atoms with E-state index in [-0.39, 0.29) is 40.2 Å². The number of benzene rings is 4. The van der Waals surface area contributed by atoms with Crippen molar-refractivity contribution in [2.24, 2.45) is 0 Å². The fourth-order valence-electron chi connectivity index (χ4n) is 4.98. The van der Waals surface area contributed by atoms with Gasteiger partial charge in [-0.05, 0) is 60.4 Å². The highest BCUT2D eigenvalue weighted by atomic mass is 35.5. The molecule has 0 heterocycles. The number of nitrogens with one attached hydrogen (secondary N) is 1. The fourth-order valence-corrected chi connectivity index (χ4v) is 6.59. The minimum atomic E-state index is -4.29. The standard InChI is InChI=1S/C35H38ClN3O5S/c1-4-21-37-35(41)32(22-27-14-7-5-8-15-27)38(24-28-16-12-11-13-26(28)2)34(40)25-39(31-23-29(36)19-20-33(31)44-3)45(42,43)30-17-9-6-10-18-30/h5-20,23,32H,4,21-22,24-25H2,1-3H3,(H,37,41)/t32-/m1/s1. The summed E-state index contributed by atoms with van der Waals surface area (Å²) < 4.78 is 34.9. The van der Waals surface area contributed by atoms with Gasteiger partial charge >= 0.3 is 0 Å². The molecular formula is C35H38ClN3O5S. The Morgan fingerprint density at radius 2 is 1.56 bits per heavy atom. The number of methoxy groups -OCH3 is 1. The van der Waals surface area contributed by atoms with Gasteiger partial charge in [-0.2, -0.15) is 0 Å². The molecule has 8 nitrogen and oxygen atoms in total. The minimum absolute atomic E-state index is 0.00759. The molecule has 0 radical (unpaired) electrons. The molecule has 4 aromatic rings. The number of sulfonamides is 1. The molecule has 1 N–H and O–H groups in total. The number of rotatable bonds is 14. The number of halogens is 1. The number of hydrogen-bond acceptors (Lipinski definition) is 5. The number of ether oxygens (including phenoxy) is 1. The predicted molar refractivity (Wildman–Crippen MR) is 178 cm³/mol. The molecule has 45 heavy (non-hydrogen) atoms. The van der Waals surface area contributed by atoms with E-state index in [9.17, 15) is 18.0 Å². The Kier molecular flexibility index (Phi) is 11.6. The summed E-state index contributed by atoms with van der Waals surface area (Å²) in [6.45, 7) is 3.81. The molecule has 0 unspecified atom stereocenters. The lowest BCUT2D eigenvalue weighted by molar-refractivity contribution is -0.140. The summed E-state index contributed by atoms with van der Waals surface area (Å²) in [5.41, 5.74) is 2.74. The van der Waals surface area contributed by atoms with Crippen LogP contribution >= 0.6 is 11.6 Å². The molecule has 4 aromatic carbocycles. The van der Waals surface area contributed by atoms with E-state index in [0.29, 0.717) is 13.0 Å². The Morgan fingerprint density at radius 1 is 0.911 bits per heavy atom. The van der Waals surface area contributed by atoms with E-state index in [1.165, 1.54) is 30.2 Å². The highest BCUT2D eigenvalue weighted by Crippen LogP contribution is 2.35. The van der Waals surface area contributed by atoms with Crippen LogP contribution in [0, 0.1) is 6.92 Å². The van der Waals surface area contributed by atoms with Crippen molar-refractivity contribution in [2.45, 2.75) is 44.2 Å². The lowest BCUT2D eigenvalue weighted by Gasteiger charge is -2.34. The van der Waals surface area contributed by atoms with Crippen LogP contribution in [0.3, 0.4) is 0 Å². The van der Waals surface area contributed by atoms with Gasteiger partial charge in [-0.3, -0.25) is 13.9 Å². The van der Waals surface area contributed by atoms with Gasteiger partial charge in [-0.1, -0.05) is 91.3 Å². The Morgan fingerprint density at radius 3 is 2.20 bits per heavy atom. The summed E-state index contributed by atoms with van der Waals surface area (Å²) in [7, 11) is -2.87. The number of carbonyl (C=O) groups is 2. The zero-order valence-corrected chi connectivity index (χ0v) is 27.2. The summed E-state index contributed by atoms with van der Waals surface area (Å²) in [4.78, 5) is 29.8. The normalized spacial score (nSPS) is 11.8. The van der Waals surface area contributed by atoms with Gasteiger partial charge in [0.25, 0.3) is 10.0 Å². The molecule has 236 valence electrons. The molecule has 10 heteroatoms. The Labute approximate surface area is 270 Å². The smallest absolute Gasteiger partial charge is 0.264 e. The molecule has 4 rings (SSSR count). The monoisotopic (exact) mass is 647 g/mol. The van der Waals surface area contributed by atoms with E-state index in [1.54, 1.807) is 30.3 Å². The lowest BCUT2D eigenvalue weighted by atomic mass is 10.0. The Balaban J connectivity index is 1.85. The summed E-state index contributed by atoms with van der Waals surface area (Å²) in [6, 6.07) is 28.6. The third-order valence-corrected chi connectivity index (χ3v) is 9.45. The molecule has 2 amide bonds. The summed E-state index contributed by atoms with van der Waals surface area (Å²) in [5, 5.41) is 3.22. The molecule has 0 aromatic heterocycles. The maximum Gasteiger partial charge on any atom is 0.264 e. The summed E-state index contributed by atoms with van der Waals surface area (Å²) in [6.07, 6.45) is 0.952. The molecular weight excluding hydrogens is 610 g/mol. The van der Waals surface area contributed by atoms with Crippen molar-refractivity contribution in [1.29, 1.82) is 0 Å². The molecule has 0 fully saturated rings. The van der Waals surface area contributed by atoms with Crippen molar-refractivity contribution >= 4 is 39.1 Å². The van der Waals surface area contributed by atoms with E-state index in [4.69, 9.17) is 16.3 Å². The Hall–Kier alpha value is -4.34. The van der Waals surface area contributed by atoms with Gasteiger partial charge in [0.2, 0.25) is 11.8 Å². The number of nitrogens with zero attached hydrogens (tertiary/aromatic N) is 2. The first-order valence-corrected chi connectivity index (χ1v) is 16.5. The summed E-state index contributed by atoms with van der Waals surface area (Å²) >= 11 is 6.34. The van der Waals surface area contributed by atoms with Crippen LogP contribution in [0.4, 0.5) is 5.69 Å². The first-order chi connectivity index (χ1) is 21.6. The second-order valence-electron chi connectivity index (χ2n) is 10.6. The van der Waals surface area contributed by atoms with Gasteiger partial charge in [-0.25, -0.2) is 8.42 Å². The fraction of sp³-hybridized carbons (Fsp3) is 0.257. The largest absolute Gasteiger partial charge is 0.495 e. The van der Waals surface area contributed by atoms with Crippen LogP contribution in [0.1, 0.15) is 30.0 Å². The van der Waals surface area contributed by atoms with E-state index in [0.717, 1.165) is 21.0 Å². The van der Waals surface area contributed by atoms with Crippen LogP contribution in [0.2, 0.25) is 5.02 Å². The topological polar surface area (TPSA) is 96.0 Å². The molecule has 0 bridgehead atoms. The van der Waals surface area contributed by atoms with Crippen molar-refractivity contribution in [2.75, 3.05) is 24.5 Å². The second-order valence-corrected chi connectivity index (χ2v) is 12.9. The number of aryl methyl sites for hydroxylation is 1. The van der Waals surface area contributed by atoms with Crippen LogP contribution in [0.5, 0.6) is 5.75 Å². The number of amides is 2. The van der Waals surface area contributed by atoms with Crippen LogP contribution in [0.15, 0.2) is 108 Å². The molecule has 0 aliphatic heterocycles. The SMILES string of the molecule is CCCNC(=O)[C@@H](Cc1ccccc1)N(Cc1ccccc1C)C(=O)CN(c1cc(Cl)ccc1OC)S(=O)(=O)c1ccccc1. The van der Waals surface area contributed by atoms with Crippen LogP contribution < -0.4 is 14.4 Å². The molecule has 0 saturated heterocycles. The average molecular weight is 648 g/mol. The molecule has 0 spiro atoms. The summed E-state index contributed by atoms with van der Waals surface area (Å²) in [5.74, 6) is -0.661. The van der Waals surface area contributed by atoms with Crippen LogP contribution in [-0.2, 0) is 32.6 Å². The number of carbonyl (C=O) groups excluding carboxylic acids is 2. The highest BCUT2D eigenvalue weighted by molar-refractivity contribution is 7.92. The van der Waals surface area contributed by atoms with Crippen molar-refractivity contribution in [1.82, 2.24) is 10.2 Å². The van der Waals surface area contributed by atoms with Crippen LogP contribution in [0.25, 0.3) is 0 Å². The molecule has 0 aliphatic carbocycles. The zero-order valence-electron chi connectivity index (χ0n) is 25.6. The van der Waals surface area contributed by atoms with Gasteiger partial charge < -0.3 is 15.0 Å². The van der Waals surface area contributed by atoms with Crippen molar-refractivity contribution in [3.63, 3.8) is 0 Å². The van der Waals surface area contributed by atoms with Crippen molar-refractivity contribution in [3.05, 3.63) is 125 Å². The first-order valence-electron chi connectivity index (χ1n) is 14.7. The number of hydrogen-bond donors (Lipinski definition) is 1. The average Bonchev–Trinajstić information content (AvgIpc) is 3.05. The van der Waals surface area contributed by atoms with Gasteiger partial charge in [0, 0.05) is 24.5 Å². The first kappa shape index (κ1) is 33.6. The van der Waals surface area contributed by atoms with E-state index in [2.05, 4.69) is 5.32 Å². The van der Waals surface area contributed by atoms with Gasteiger partial charge in [0.15, 0.2) is 0 Å². The predicted octanol–water partition coefficient (Wildman–Crippen LogP) is 6.02. The van der Waals surface area contributed by atoms with E-state index >= 15 is 0 Å².